The molecule has 1 aromatic heterocycles. The van der Waals surface area contributed by atoms with Gasteiger partial charge in [-0.1, -0.05) is 47.0 Å². The van der Waals surface area contributed by atoms with Crippen LogP contribution in [0.5, 0.6) is 5.75 Å². The second kappa shape index (κ2) is 9.86. The number of benzene rings is 1. The van der Waals surface area contributed by atoms with Crippen LogP contribution in [0.4, 0.5) is 0 Å². The zero-order valence-electron chi connectivity index (χ0n) is 17.5. The molecule has 0 atom stereocenters. The zero-order valence-corrected chi connectivity index (χ0v) is 19.0. The number of hydrogen-bond donors (Lipinski definition) is 0. The van der Waals surface area contributed by atoms with Crippen LogP contribution in [0.1, 0.15) is 40.9 Å². The highest BCUT2D eigenvalue weighted by molar-refractivity contribution is 6.30. The number of halogens is 2. The summed E-state index contributed by atoms with van der Waals surface area (Å²) in [7, 11) is 0. The van der Waals surface area contributed by atoms with Gasteiger partial charge in [-0.05, 0) is 62.6 Å². The summed E-state index contributed by atoms with van der Waals surface area (Å²) < 4.78 is 5.59. The maximum Gasteiger partial charge on any atom is 0.262 e. The second-order valence-electron chi connectivity index (χ2n) is 7.85. The molecule has 4 rings (SSSR count). The van der Waals surface area contributed by atoms with Crippen LogP contribution >= 0.6 is 23.2 Å². The summed E-state index contributed by atoms with van der Waals surface area (Å²) in [6.45, 7) is 5.38. The topological polar surface area (TPSA) is 45.7 Å². The first-order chi connectivity index (χ1) is 15.0. The first kappa shape index (κ1) is 21.9. The van der Waals surface area contributed by atoms with E-state index in [2.05, 4.69) is 16.0 Å². The first-order valence-corrected chi connectivity index (χ1v) is 11.3. The normalized spacial score (nSPS) is 16.9. The molecule has 0 saturated heterocycles. The molecule has 0 bridgehead atoms. The van der Waals surface area contributed by atoms with Crippen molar-refractivity contribution in [2.24, 2.45) is 0 Å². The van der Waals surface area contributed by atoms with Gasteiger partial charge in [0.1, 0.15) is 22.3 Å². The third kappa shape index (κ3) is 5.29. The van der Waals surface area contributed by atoms with Crippen LogP contribution in [0.15, 0.2) is 53.9 Å². The minimum atomic E-state index is -0.114. The highest BCUT2D eigenvalue weighted by Crippen LogP contribution is 2.28. The van der Waals surface area contributed by atoms with Crippen LogP contribution < -0.4 is 4.74 Å². The molecule has 7 heteroatoms. The monoisotopic (exact) mass is 457 g/mol. The second-order valence-corrected chi connectivity index (χ2v) is 8.62. The molecule has 0 unspecified atom stereocenters. The van der Waals surface area contributed by atoms with Gasteiger partial charge in [0.05, 0.1) is 11.3 Å². The average molecular weight is 458 g/mol. The molecule has 1 aromatic carbocycles. The van der Waals surface area contributed by atoms with E-state index in [0.717, 1.165) is 50.2 Å². The van der Waals surface area contributed by atoms with Crippen LogP contribution in [0.3, 0.4) is 0 Å². The molecule has 0 radical (unpaired) electrons. The van der Waals surface area contributed by atoms with Gasteiger partial charge in [0.2, 0.25) is 0 Å². The van der Waals surface area contributed by atoms with E-state index in [9.17, 15) is 4.79 Å². The fourth-order valence-corrected chi connectivity index (χ4v) is 4.25. The Morgan fingerprint density at radius 1 is 1.13 bits per heavy atom. The van der Waals surface area contributed by atoms with Crippen molar-refractivity contribution in [3.8, 4) is 5.75 Å². The number of unbranched alkanes of at least 4 members (excludes halogenated alkanes) is 1. The Labute approximate surface area is 192 Å². The Kier molecular flexibility index (Phi) is 6.96. The molecule has 0 spiro atoms. The van der Waals surface area contributed by atoms with Crippen LogP contribution in [0.2, 0.25) is 5.15 Å². The molecule has 31 heavy (non-hydrogen) atoms. The Balaban J connectivity index is 1.28. The van der Waals surface area contributed by atoms with Crippen LogP contribution in [-0.2, 0) is 0 Å². The van der Waals surface area contributed by atoms with Crippen LogP contribution in [-0.4, -0.2) is 46.9 Å². The molecule has 3 heterocycles. The van der Waals surface area contributed by atoms with Crippen molar-refractivity contribution in [2.45, 2.75) is 26.2 Å². The molecule has 1 amide bonds. The van der Waals surface area contributed by atoms with E-state index in [1.54, 1.807) is 11.0 Å². The predicted molar refractivity (Wildman–Crippen MR) is 124 cm³/mol. The number of carbonyl (C=O) groups excluding carboxylic acids is 1. The molecule has 2 aromatic rings. The van der Waals surface area contributed by atoms with Crippen LogP contribution in [0, 0.1) is 6.92 Å². The van der Waals surface area contributed by atoms with E-state index in [4.69, 9.17) is 27.9 Å². The molecule has 0 fully saturated rings. The molecule has 5 nitrogen and oxygen atoms in total. The summed E-state index contributed by atoms with van der Waals surface area (Å²) in [5, 5.41) is 0.846. The standard InChI is InChI=1S/C24H25Cl2N3O2/c1-17-7-8-21-19(15-17)24(30)29(23(26)16-31-21)12-3-2-11-28-13-9-18(10-14-28)20-5-4-6-22(25)27-20/h4-9,15-16H,2-3,10-14H2,1H3. The van der Waals surface area contributed by atoms with Crippen molar-refractivity contribution >= 4 is 34.7 Å². The minimum absolute atomic E-state index is 0.114. The van der Waals surface area contributed by atoms with Gasteiger partial charge in [-0.3, -0.25) is 14.6 Å². The quantitative estimate of drug-likeness (QED) is 0.327. The molecule has 162 valence electrons. The number of ether oxygens (including phenoxy) is 1. The SMILES string of the molecule is Cc1ccc2c(c1)C(=O)N(CCCCN1CC=C(c3cccc(Cl)n3)CC1)C(Cl)=CO2. The van der Waals surface area contributed by atoms with Crippen molar-refractivity contribution in [2.75, 3.05) is 26.2 Å². The fourth-order valence-electron chi connectivity index (χ4n) is 3.88. The van der Waals surface area contributed by atoms with Gasteiger partial charge in [-0.2, -0.15) is 0 Å². The molecule has 2 aliphatic heterocycles. The molecule has 0 saturated carbocycles. The van der Waals surface area contributed by atoms with E-state index in [1.165, 1.54) is 11.8 Å². The highest BCUT2D eigenvalue weighted by Gasteiger charge is 2.25. The van der Waals surface area contributed by atoms with Gasteiger partial charge in [-0.25, -0.2) is 4.98 Å². The van der Waals surface area contributed by atoms with Gasteiger partial charge < -0.3 is 4.74 Å². The summed E-state index contributed by atoms with van der Waals surface area (Å²) in [6, 6.07) is 11.3. The number of pyridine rings is 1. The van der Waals surface area contributed by atoms with E-state index in [0.29, 0.717) is 28.2 Å². The van der Waals surface area contributed by atoms with Gasteiger partial charge in [0.25, 0.3) is 5.91 Å². The molecular formula is C24H25Cl2N3O2. The van der Waals surface area contributed by atoms with Crippen molar-refractivity contribution in [3.63, 3.8) is 0 Å². The van der Waals surface area contributed by atoms with E-state index in [1.807, 2.05) is 37.3 Å². The lowest BCUT2D eigenvalue weighted by Gasteiger charge is -2.26. The Bertz CT molecular complexity index is 1040. The number of aromatic nitrogens is 1. The Hall–Kier alpha value is -2.34. The summed E-state index contributed by atoms with van der Waals surface area (Å²) in [5.41, 5.74) is 3.78. The smallest absolute Gasteiger partial charge is 0.262 e. The highest BCUT2D eigenvalue weighted by atomic mass is 35.5. The number of amides is 1. The lowest BCUT2D eigenvalue weighted by molar-refractivity contribution is 0.0814. The molecule has 0 aliphatic carbocycles. The number of hydrogen-bond acceptors (Lipinski definition) is 4. The van der Waals surface area contributed by atoms with Crippen molar-refractivity contribution in [3.05, 3.63) is 75.9 Å². The van der Waals surface area contributed by atoms with Gasteiger partial charge in [0, 0.05) is 19.6 Å². The molecule has 2 aliphatic rings. The maximum absolute atomic E-state index is 13.0. The number of rotatable bonds is 6. The minimum Gasteiger partial charge on any atom is -0.461 e. The first-order valence-electron chi connectivity index (χ1n) is 10.5. The average Bonchev–Trinajstić information content (AvgIpc) is 2.88. The number of nitrogens with zero attached hydrogens (tertiary/aromatic N) is 3. The third-order valence-electron chi connectivity index (χ3n) is 5.60. The Morgan fingerprint density at radius 2 is 1.97 bits per heavy atom. The Morgan fingerprint density at radius 3 is 2.74 bits per heavy atom. The van der Waals surface area contributed by atoms with Crippen LogP contribution in [0.25, 0.3) is 5.57 Å². The summed E-state index contributed by atoms with van der Waals surface area (Å²) >= 11 is 12.3. The summed E-state index contributed by atoms with van der Waals surface area (Å²) in [5.74, 6) is 0.429. The number of aryl methyl sites for hydroxylation is 1. The van der Waals surface area contributed by atoms with Crippen molar-refractivity contribution in [1.82, 2.24) is 14.8 Å². The summed E-state index contributed by atoms with van der Waals surface area (Å²) in [6.07, 6.45) is 6.48. The molecular weight excluding hydrogens is 433 g/mol. The predicted octanol–water partition coefficient (Wildman–Crippen LogP) is 5.49. The molecule has 0 N–H and O–H groups in total. The van der Waals surface area contributed by atoms with E-state index < -0.39 is 0 Å². The lowest BCUT2D eigenvalue weighted by atomic mass is 10.0. The van der Waals surface area contributed by atoms with Crippen molar-refractivity contribution in [1.29, 1.82) is 0 Å². The van der Waals surface area contributed by atoms with Gasteiger partial charge in [-0.15, -0.1) is 0 Å². The zero-order chi connectivity index (χ0) is 21.8. The maximum atomic E-state index is 13.0. The lowest BCUT2D eigenvalue weighted by Crippen LogP contribution is -2.31. The number of fused-ring (bicyclic) bond motifs is 1. The van der Waals surface area contributed by atoms with E-state index in [-0.39, 0.29) is 5.91 Å². The van der Waals surface area contributed by atoms with Crippen molar-refractivity contribution < 1.29 is 9.53 Å². The fraction of sp³-hybridized carbons (Fsp3) is 0.333. The summed E-state index contributed by atoms with van der Waals surface area (Å²) in [4.78, 5) is 21.4. The van der Waals surface area contributed by atoms with E-state index >= 15 is 0 Å². The third-order valence-corrected chi connectivity index (χ3v) is 6.10. The number of carbonyl (C=O) groups is 1. The van der Waals surface area contributed by atoms with Gasteiger partial charge in [0.15, 0.2) is 0 Å². The largest absolute Gasteiger partial charge is 0.461 e. The van der Waals surface area contributed by atoms with Gasteiger partial charge >= 0.3 is 0 Å².